The zero-order valence-electron chi connectivity index (χ0n) is 9.21. The molecule has 0 heterocycles. The van der Waals surface area contributed by atoms with Gasteiger partial charge < -0.3 is 6.74 Å². The molecule has 1 amide bonds. The Kier molecular flexibility index (Phi) is 6.96. The van der Waals surface area contributed by atoms with E-state index in [1.54, 1.807) is 0 Å². The van der Waals surface area contributed by atoms with E-state index in [2.05, 4.69) is 5.32 Å². The summed E-state index contributed by atoms with van der Waals surface area (Å²) >= 11 is 0. The second-order valence-corrected chi connectivity index (χ2v) is 2.62. The molecule has 0 unspecified atom stereocenters. The number of carbonyl (C=O) groups excluding carboxylic acids is 1. The Labute approximate surface area is 103 Å². The first kappa shape index (κ1) is 12.7. The Bertz CT molecular complexity index is 254. The predicted octanol–water partition coefficient (Wildman–Crippen LogP) is -1.17. The van der Waals surface area contributed by atoms with Crippen molar-refractivity contribution in [2.45, 2.75) is 19.9 Å². The van der Waals surface area contributed by atoms with Crippen molar-refractivity contribution in [2.24, 2.45) is 0 Å². The Balaban J connectivity index is 0. The van der Waals surface area contributed by atoms with E-state index in [-0.39, 0.29) is 36.9 Å². The van der Waals surface area contributed by atoms with Crippen molar-refractivity contribution in [3.8, 4) is 0 Å². The fourth-order valence-corrected chi connectivity index (χ4v) is 0.922. The molecule has 0 radical (unpaired) electrons. The number of hydrogen-bond acceptors (Lipinski definition) is 1. The number of benzene rings is 1. The van der Waals surface area contributed by atoms with Crippen LogP contribution in [0.4, 0.5) is 0 Å². The quantitative estimate of drug-likeness (QED) is 0.594. The van der Waals surface area contributed by atoms with Crippen LogP contribution < -0.4 is 34.9 Å². The van der Waals surface area contributed by atoms with Crippen LogP contribution in [-0.4, -0.2) is 5.91 Å². The molecule has 0 saturated carbocycles. The van der Waals surface area contributed by atoms with Crippen molar-refractivity contribution >= 4 is 5.91 Å². The van der Waals surface area contributed by atoms with Crippen LogP contribution in [0.2, 0.25) is 0 Å². The largest absolute Gasteiger partial charge is 1.00 e. The van der Waals surface area contributed by atoms with Crippen LogP contribution >= 0.6 is 0 Å². The molecule has 0 fully saturated rings. The van der Waals surface area contributed by atoms with Crippen LogP contribution in [0.3, 0.4) is 0 Å². The average molecular weight is 187 g/mol. The Morgan fingerprint density at radius 1 is 1.38 bits per heavy atom. The maximum Gasteiger partial charge on any atom is 1.00 e. The van der Waals surface area contributed by atoms with E-state index in [1.165, 1.54) is 0 Å². The molecule has 3 heteroatoms. The predicted molar refractivity (Wildman–Crippen MR) is 49.7 cm³/mol. The van der Waals surface area contributed by atoms with Crippen LogP contribution in [0.15, 0.2) is 30.3 Å². The minimum absolute atomic E-state index is 0. The number of rotatable bonds is 3. The van der Waals surface area contributed by atoms with Crippen molar-refractivity contribution in [3.05, 3.63) is 35.9 Å². The number of amides is 1. The molecule has 0 aliphatic heterocycles. The Hall–Kier alpha value is -0.310. The fourth-order valence-electron chi connectivity index (χ4n) is 0.922. The second kappa shape index (κ2) is 7.13. The van der Waals surface area contributed by atoms with Gasteiger partial charge in [-0.1, -0.05) is 37.3 Å². The molecule has 1 rings (SSSR count). The molecule has 1 N–H and O–H groups in total. The van der Waals surface area contributed by atoms with Gasteiger partial charge in [-0.05, 0) is 5.56 Å². The molecule has 2 nitrogen and oxygen atoms in total. The third kappa shape index (κ3) is 5.09. The van der Waals surface area contributed by atoms with Gasteiger partial charge in [0.25, 0.3) is 0 Å². The summed E-state index contributed by atoms with van der Waals surface area (Å²) in [6.45, 7) is 2.48. The first-order chi connectivity index (χ1) is 5.83. The number of carbonyl (C=O) groups is 1. The van der Waals surface area contributed by atoms with E-state index in [4.69, 9.17) is 0 Å². The third-order valence-corrected chi connectivity index (χ3v) is 1.65. The van der Waals surface area contributed by atoms with Crippen LogP contribution in [-0.2, 0) is 11.3 Å². The van der Waals surface area contributed by atoms with Crippen LogP contribution in [0, 0.1) is 0 Å². The summed E-state index contributed by atoms with van der Waals surface area (Å²) in [5, 5.41) is 2.81. The summed E-state index contributed by atoms with van der Waals surface area (Å²) in [7, 11) is 0. The summed E-state index contributed by atoms with van der Waals surface area (Å²) in [6, 6.07) is 9.89. The van der Waals surface area contributed by atoms with E-state index in [9.17, 15) is 4.79 Å². The van der Waals surface area contributed by atoms with Gasteiger partial charge in [-0.25, -0.2) is 0 Å². The smallest absolute Gasteiger partial charge is 1.00 e. The van der Waals surface area contributed by atoms with Gasteiger partial charge in [-0.3, -0.25) is 4.79 Å². The molecule has 0 aromatic heterocycles. The van der Waals surface area contributed by atoms with Gasteiger partial charge in [0.2, 0.25) is 5.91 Å². The molecule has 1 aromatic carbocycles. The molecular weight excluding hydrogens is 173 g/mol. The van der Waals surface area contributed by atoms with Crippen molar-refractivity contribution in [3.63, 3.8) is 0 Å². The van der Waals surface area contributed by atoms with Crippen molar-refractivity contribution < 1.29 is 35.8 Å². The molecule has 13 heavy (non-hydrogen) atoms. The van der Waals surface area contributed by atoms with Gasteiger partial charge in [0.15, 0.2) is 0 Å². The van der Waals surface area contributed by atoms with Crippen LogP contribution in [0.25, 0.3) is 0 Å². The monoisotopic (exact) mass is 187 g/mol. The van der Waals surface area contributed by atoms with Gasteiger partial charge in [0.1, 0.15) is 0 Å². The number of hydrogen-bond donors (Lipinski definition) is 1. The van der Waals surface area contributed by atoms with E-state index < -0.39 is 0 Å². The minimum atomic E-state index is 0. The molecule has 1 aromatic rings. The number of nitrogens with one attached hydrogen (secondary N) is 1. The van der Waals surface area contributed by atoms with E-state index in [1.807, 2.05) is 37.3 Å². The molecule has 0 aliphatic rings. The molecule has 0 bridgehead atoms. The first-order valence-corrected chi connectivity index (χ1v) is 4.13. The zero-order chi connectivity index (χ0) is 8.81. The fraction of sp³-hybridized carbons (Fsp3) is 0.300. The summed E-state index contributed by atoms with van der Waals surface area (Å²) < 4.78 is 0. The maximum atomic E-state index is 10.9. The Morgan fingerprint density at radius 3 is 2.54 bits per heavy atom. The summed E-state index contributed by atoms with van der Waals surface area (Å²) in [4.78, 5) is 10.9. The summed E-state index contributed by atoms with van der Waals surface area (Å²) in [5.41, 5.74) is 1.14. The van der Waals surface area contributed by atoms with Crippen molar-refractivity contribution in [1.29, 1.82) is 0 Å². The van der Waals surface area contributed by atoms with Crippen molar-refractivity contribution in [2.75, 3.05) is 0 Å². The van der Waals surface area contributed by atoms with Gasteiger partial charge >= 0.3 is 29.6 Å². The second-order valence-electron chi connectivity index (χ2n) is 2.62. The third-order valence-electron chi connectivity index (χ3n) is 1.65. The first-order valence-electron chi connectivity index (χ1n) is 4.13. The summed E-state index contributed by atoms with van der Waals surface area (Å²) in [5.74, 6) is 0.0962. The van der Waals surface area contributed by atoms with Crippen LogP contribution in [0.5, 0.6) is 0 Å². The van der Waals surface area contributed by atoms with Gasteiger partial charge in [0.05, 0.1) is 0 Å². The van der Waals surface area contributed by atoms with Gasteiger partial charge in [0, 0.05) is 13.0 Å². The van der Waals surface area contributed by atoms with E-state index >= 15 is 0 Å². The topological polar surface area (TPSA) is 29.1 Å². The zero-order valence-corrected chi connectivity index (χ0v) is 10.2. The van der Waals surface area contributed by atoms with Gasteiger partial charge in [-0.15, -0.1) is 0 Å². The van der Waals surface area contributed by atoms with Crippen LogP contribution in [0.1, 0.15) is 20.3 Å². The summed E-state index contributed by atoms with van der Waals surface area (Å²) in [6.07, 6.45) is 0.548. The molecule has 0 aliphatic carbocycles. The van der Waals surface area contributed by atoms with Crippen molar-refractivity contribution in [1.82, 2.24) is 5.32 Å². The average Bonchev–Trinajstić information content (AvgIpc) is 2.16. The normalized spacial score (nSPS) is 8.69. The minimum Gasteiger partial charge on any atom is -1.00 e. The molecule has 66 valence electrons. The SMILES string of the molecule is CCC(=O)NCc1ccccc1.[H-].[Na+]. The maximum absolute atomic E-state index is 10.9. The molecule has 0 atom stereocenters. The molecule has 0 spiro atoms. The molecule has 0 saturated heterocycles. The standard InChI is InChI=1S/C10H13NO.Na.H/c1-2-10(12)11-8-9-6-4-3-5-7-9;;/h3-7H,2,8H2,1H3,(H,11,12);;/q;+1;-1. The van der Waals surface area contributed by atoms with E-state index in [0.29, 0.717) is 13.0 Å². The van der Waals surface area contributed by atoms with E-state index in [0.717, 1.165) is 5.56 Å². The molecular formula is C10H14NNaO. The van der Waals surface area contributed by atoms with Gasteiger partial charge in [-0.2, -0.15) is 0 Å². The Morgan fingerprint density at radius 2 is 2.00 bits per heavy atom.